The molecular formula is C23H23FN4O5. The first-order valence-electron chi connectivity index (χ1n) is 10.3. The van der Waals surface area contributed by atoms with E-state index in [1.54, 1.807) is 39.3 Å². The van der Waals surface area contributed by atoms with Crippen molar-refractivity contribution in [3.05, 3.63) is 53.3 Å². The van der Waals surface area contributed by atoms with Gasteiger partial charge in [0.05, 0.1) is 26.5 Å². The number of esters is 1. The smallest absolute Gasteiger partial charge is 0.344 e. The molecule has 10 heteroatoms. The molecule has 0 fully saturated rings. The van der Waals surface area contributed by atoms with E-state index < -0.39 is 17.8 Å². The first kappa shape index (κ1) is 22.1. The highest BCUT2D eigenvalue weighted by Gasteiger charge is 2.31. The molecule has 4 rings (SSSR count). The van der Waals surface area contributed by atoms with Crippen molar-refractivity contribution >= 4 is 23.5 Å². The van der Waals surface area contributed by atoms with Crippen molar-refractivity contribution in [2.75, 3.05) is 32.7 Å². The molecule has 0 unspecified atom stereocenters. The molecule has 0 bridgehead atoms. The summed E-state index contributed by atoms with van der Waals surface area (Å²) in [4.78, 5) is 24.6. The number of benzene rings is 2. The van der Waals surface area contributed by atoms with Crippen LogP contribution in [0.4, 0.5) is 20.7 Å². The highest BCUT2D eigenvalue weighted by atomic mass is 19.1. The molecule has 1 amide bonds. The maximum atomic E-state index is 13.8. The number of hydrogen-bond acceptors (Lipinski definition) is 7. The van der Waals surface area contributed by atoms with Crippen LogP contribution in [0.3, 0.4) is 0 Å². The zero-order chi connectivity index (χ0) is 23.5. The lowest BCUT2D eigenvalue weighted by atomic mass is 10.1. The monoisotopic (exact) mass is 454 g/mol. The fourth-order valence-electron chi connectivity index (χ4n) is 3.73. The van der Waals surface area contributed by atoms with Crippen LogP contribution in [-0.2, 0) is 16.0 Å². The maximum absolute atomic E-state index is 13.8. The molecule has 3 aromatic rings. The number of carbonyl (C=O) groups excluding carboxylic acids is 2. The van der Waals surface area contributed by atoms with Crippen LogP contribution < -0.4 is 20.1 Å². The molecular weight excluding hydrogens is 431 g/mol. The van der Waals surface area contributed by atoms with E-state index in [-0.39, 0.29) is 13.2 Å². The molecule has 2 N–H and O–H groups in total. The molecule has 0 radical (unpaired) electrons. The minimum atomic E-state index is -0.626. The second kappa shape index (κ2) is 9.19. The van der Waals surface area contributed by atoms with Crippen LogP contribution in [0.2, 0.25) is 0 Å². The summed E-state index contributed by atoms with van der Waals surface area (Å²) in [6.45, 7) is 1.58. The molecule has 33 heavy (non-hydrogen) atoms. The number of fused-ring (bicyclic) bond motifs is 3. The summed E-state index contributed by atoms with van der Waals surface area (Å²) in [7, 11) is 3.10. The standard InChI is InChI=1S/C23H23FN4O5/c1-4-33-20(29)12-25-23(30)28-22(26-15-7-5-6-14(24)10-15)17-8-13-9-18(31-2)19(32-3)11-16(13)21(17)27-28/h5-7,9-11,26H,4,8,12H2,1-3H3,(H,25,30). The SMILES string of the molecule is CCOC(=O)CNC(=O)n1nc2c(c1Nc1cccc(F)c1)Cc1cc(OC)c(OC)cc1-2. The maximum Gasteiger partial charge on any atom is 0.344 e. The predicted molar refractivity (Wildman–Crippen MR) is 119 cm³/mol. The highest BCUT2D eigenvalue weighted by molar-refractivity contribution is 5.89. The lowest BCUT2D eigenvalue weighted by molar-refractivity contribution is -0.141. The van der Waals surface area contributed by atoms with E-state index in [4.69, 9.17) is 14.2 Å². The lowest BCUT2D eigenvalue weighted by Crippen LogP contribution is -2.35. The summed E-state index contributed by atoms with van der Waals surface area (Å²) in [5, 5.41) is 10.1. The molecule has 0 spiro atoms. The Morgan fingerprint density at radius 1 is 1.15 bits per heavy atom. The molecule has 172 valence electrons. The average molecular weight is 454 g/mol. The topological polar surface area (TPSA) is 104 Å². The van der Waals surface area contributed by atoms with Gasteiger partial charge in [0.15, 0.2) is 11.5 Å². The zero-order valence-electron chi connectivity index (χ0n) is 18.4. The van der Waals surface area contributed by atoms with Gasteiger partial charge in [-0.1, -0.05) is 6.07 Å². The minimum absolute atomic E-state index is 0.208. The molecule has 1 aliphatic rings. The van der Waals surface area contributed by atoms with Crippen LogP contribution >= 0.6 is 0 Å². The number of methoxy groups -OCH3 is 2. The van der Waals surface area contributed by atoms with Crippen LogP contribution in [0.1, 0.15) is 18.1 Å². The van der Waals surface area contributed by atoms with E-state index in [1.807, 2.05) is 6.07 Å². The van der Waals surface area contributed by atoms with Crippen molar-refractivity contribution in [2.24, 2.45) is 0 Å². The van der Waals surface area contributed by atoms with Gasteiger partial charge in [-0.2, -0.15) is 9.78 Å². The Balaban J connectivity index is 1.74. The third kappa shape index (κ3) is 4.32. The highest BCUT2D eigenvalue weighted by Crippen LogP contribution is 2.45. The lowest BCUT2D eigenvalue weighted by Gasteiger charge is -2.13. The van der Waals surface area contributed by atoms with E-state index >= 15 is 0 Å². The van der Waals surface area contributed by atoms with Gasteiger partial charge in [0.1, 0.15) is 18.2 Å². The van der Waals surface area contributed by atoms with E-state index in [9.17, 15) is 14.0 Å². The Morgan fingerprint density at radius 2 is 1.91 bits per heavy atom. The molecule has 0 saturated heterocycles. The van der Waals surface area contributed by atoms with Crippen molar-refractivity contribution in [2.45, 2.75) is 13.3 Å². The molecule has 2 aromatic carbocycles. The number of halogens is 1. The van der Waals surface area contributed by atoms with Gasteiger partial charge < -0.3 is 24.8 Å². The van der Waals surface area contributed by atoms with Gasteiger partial charge in [-0.05, 0) is 42.8 Å². The quantitative estimate of drug-likeness (QED) is 0.412. The molecule has 1 aromatic heterocycles. The fraction of sp³-hybridized carbons (Fsp3) is 0.261. The van der Waals surface area contributed by atoms with Crippen molar-refractivity contribution in [1.29, 1.82) is 0 Å². The Hall–Kier alpha value is -4.08. The Bertz CT molecular complexity index is 1220. The summed E-state index contributed by atoms with van der Waals surface area (Å²) in [6.07, 6.45) is 0.466. The van der Waals surface area contributed by atoms with E-state index in [1.165, 1.54) is 12.1 Å². The number of anilines is 2. The van der Waals surface area contributed by atoms with Gasteiger partial charge in [0, 0.05) is 23.2 Å². The minimum Gasteiger partial charge on any atom is -0.493 e. The second-order valence-electron chi connectivity index (χ2n) is 7.23. The van der Waals surface area contributed by atoms with Crippen LogP contribution in [0.5, 0.6) is 11.5 Å². The number of nitrogens with one attached hydrogen (secondary N) is 2. The van der Waals surface area contributed by atoms with Gasteiger partial charge >= 0.3 is 12.0 Å². The van der Waals surface area contributed by atoms with Gasteiger partial charge in [0.25, 0.3) is 0 Å². The van der Waals surface area contributed by atoms with Crippen LogP contribution in [0.15, 0.2) is 36.4 Å². The molecule has 1 heterocycles. The number of rotatable bonds is 7. The molecule has 9 nitrogen and oxygen atoms in total. The number of carbonyl (C=O) groups is 2. The summed E-state index contributed by atoms with van der Waals surface area (Å²) >= 11 is 0. The average Bonchev–Trinajstić information content (AvgIpc) is 3.33. The zero-order valence-corrected chi connectivity index (χ0v) is 18.4. The van der Waals surface area contributed by atoms with E-state index in [0.717, 1.165) is 21.4 Å². The van der Waals surface area contributed by atoms with Crippen molar-refractivity contribution in [3.63, 3.8) is 0 Å². The van der Waals surface area contributed by atoms with Gasteiger partial charge in [0.2, 0.25) is 0 Å². The first-order valence-corrected chi connectivity index (χ1v) is 10.3. The van der Waals surface area contributed by atoms with E-state index in [2.05, 4.69) is 15.7 Å². The third-order valence-corrected chi connectivity index (χ3v) is 5.18. The van der Waals surface area contributed by atoms with Crippen molar-refractivity contribution < 1.29 is 28.2 Å². The summed E-state index contributed by atoms with van der Waals surface area (Å²) in [5.74, 6) is 0.497. The molecule has 1 aliphatic carbocycles. The summed E-state index contributed by atoms with van der Waals surface area (Å²) in [6, 6.07) is 8.93. The van der Waals surface area contributed by atoms with Crippen molar-refractivity contribution in [3.8, 4) is 22.8 Å². The number of hydrogen-bond donors (Lipinski definition) is 2. The molecule has 0 aliphatic heterocycles. The van der Waals surface area contributed by atoms with Gasteiger partial charge in [-0.15, -0.1) is 0 Å². The largest absolute Gasteiger partial charge is 0.493 e. The van der Waals surface area contributed by atoms with Crippen molar-refractivity contribution in [1.82, 2.24) is 15.1 Å². The fourth-order valence-corrected chi connectivity index (χ4v) is 3.73. The van der Waals surface area contributed by atoms with Gasteiger partial charge in [-0.25, -0.2) is 9.18 Å². The second-order valence-corrected chi connectivity index (χ2v) is 7.23. The Kier molecular flexibility index (Phi) is 6.16. The van der Waals surface area contributed by atoms with Crippen LogP contribution in [-0.4, -0.2) is 49.2 Å². The number of nitrogens with zero attached hydrogens (tertiary/aromatic N) is 2. The Labute approximate surface area is 189 Å². The normalized spacial score (nSPS) is 11.4. The number of ether oxygens (including phenoxy) is 3. The number of amides is 1. The van der Waals surface area contributed by atoms with Crippen LogP contribution in [0, 0.1) is 5.82 Å². The third-order valence-electron chi connectivity index (χ3n) is 5.18. The summed E-state index contributed by atoms with van der Waals surface area (Å²) in [5.41, 5.74) is 3.52. The van der Waals surface area contributed by atoms with E-state index in [0.29, 0.717) is 35.1 Å². The first-order chi connectivity index (χ1) is 15.9. The Morgan fingerprint density at radius 3 is 2.61 bits per heavy atom. The molecule has 0 saturated carbocycles. The number of aromatic nitrogens is 2. The van der Waals surface area contributed by atoms with Gasteiger partial charge in [-0.3, -0.25) is 4.79 Å². The summed E-state index contributed by atoms with van der Waals surface area (Å²) < 4.78 is 30.6. The van der Waals surface area contributed by atoms with Crippen LogP contribution in [0.25, 0.3) is 11.3 Å². The molecule has 0 atom stereocenters. The predicted octanol–water partition coefficient (Wildman–Crippen LogP) is 3.48.